The topological polar surface area (TPSA) is 58.1 Å². The van der Waals surface area contributed by atoms with E-state index < -0.39 is 0 Å². The summed E-state index contributed by atoms with van der Waals surface area (Å²) in [5.74, 6) is 0.835. The monoisotopic (exact) mass is 378 g/mol. The highest BCUT2D eigenvalue weighted by atomic mass is 32.1. The number of rotatable bonds is 5. The van der Waals surface area contributed by atoms with Crippen LogP contribution >= 0.6 is 11.5 Å². The lowest BCUT2D eigenvalue weighted by molar-refractivity contribution is -0.117. The Hall–Kier alpha value is -2.73. The zero-order valence-electron chi connectivity index (χ0n) is 15.3. The molecule has 4 rings (SSSR count). The van der Waals surface area contributed by atoms with Crippen LogP contribution in [0.1, 0.15) is 29.8 Å². The Labute approximate surface area is 163 Å². The van der Waals surface area contributed by atoms with Crippen molar-refractivity contribution in [2.45, 2.75) is 32.2 Å². The number of amides is 1. The minimum Gasteiger partial charge on any atom is -0.335 e. The number of aromatic nitrogens is 2. The van der Waals surface area contributed by atoms with Crippen molar-refractivity contribution >= 4 is 28.3 Å². The van der Waals surface area contributed by atoms with Crippen LogP contribution < -0.4 is 10.2 Å². The van der Waals surface area contributed by atoms with Crippen molar-refractivity contribution in [2.24, 2.45) is 0 Å². The van der Waals surface area contributed by atoms with Gasteiger partial charge in [0.15, 0.2) is 0 Å². The lowest BCUT2D eigenvalue weighted by Gasteiger charge is -2.22. The van der Waals surface area contributed by atoms with E-state index in [1.54, 1.807) is 0 Å². The Morgan fingerprint density at radius 2 is 1.96 bits per heavy atom. The van der Waals surface area contributed by atoms with E-state index in [4.69, 9.17) is 4.98 Å². The van der Waals surface area contributed by atoms with Crippen molar-refractivity contribution in [1.82, 2.24) is 9.36 Å². The maximum atomic E-state index is 12.8. The van der Waals surface area contributed by atoms with Crippen LogP contribution in [-0.2, 0) is 11.2 Å². The van der Waals surface area contributed by atoms with E-state index in [-0.39, 0.29) is 11.9 Å². The average Bonchev–Trinajstić information content (AvgIpc) is 3.33. The van der Waals surface area contributed by atoms with Gasteiger partial charge in [-0.1, -0.05) is 48.0 Å². The number of carbonyl (C=O) groups is 1. The average molecular weight is 379 g/mol. The Morgan fingerprint density at radius 1 is 1.19 bits per heavy atom. The fourth-order valence-electron chi connectivity index (χ4n) is 3.34. The summed E-state index contributed by atoms with van der Waals surface area (Å²) >= 11 is 1.38. The minimum atomic E-state index is -0.191. The van der Waals surface area contributed by atoms with Gasteiger partial charge in [0.1, 0.15) is 11.9 Å². The van der Waals surface area contributed by atoms with Gasteiger partial charge in [0.2, 0.25) is 11.0 Å². The molecule has 1 N–H and O–H groups in total. The van der Waals surface area contributed by atoms with Crippen LogP contribution in [0.3, 0.4) is 0 Å². The van der Waals surface area contributed by atoms with Gasteiger partial charge >= 0.3 is 0 Å². The third kappa shape index (κ3) is 4.17. The van der Waals surface area contributed by atoms with Crippen LogP contribution in [0.2, 0.25) is 0 Å². The molecule has 0 saturated carbocycles. The first-order valence-electron chi connectivity index (χ1n) is 9.20. The molecule has 1 fully saturated rings. The first kappa shape index (κ1) is 17.7. The molecular weight excluding hydrogens is 356 g/mol. The van der Waals surface area contributed by atoms with Crippen LogP contribution in [0, 0.1) is 6.92 Å². The van der Waals surface area contributed by atoms with Gasteiger partial charge in [-0.3, -0.25) is 4.79 Å². The van der Waals surface area contributed by atoms with Gasteiger partial charge in [0.25, 0.3) is 0 Å². The van der Waals surface area contributed by atoms with Crippen molar-refractivity contribution in [3.8, 4) is 0 Å². The summed E-state index contributed by atoms with van der Waals surface area (Å²) in [5.41, 5.74) is 3.20. The smallest absolute Gasteiger partial charge is 0.247 e. The highest BCUT2D eigenvalue weighted by molar-refractivity contribution is 7.09. The van der Waals surface area contributed by atoms with Crippen molar-refractivity contribution in [1.29, 1.82) is 0 Å². The summed E-state index contributed by atoms with van der Waals surface area (Å²) < 4.78 is 4.50. The van der Waals surface area contributed by atoms with Gasteiger partial charge < -0.3 is 10.2 Å². The number of hydrogen-bond acceptors (Lipinski definition) is 5. The van der Waals surface area contributed by atoms with E-state index in [0.29, 0.717) is 6.42 Å². The molecule has 1 atom stereocenters. The zero-order chi connectivity index (χ0) is 18.6. The van der Waals surface area contributed by atoms with Crippen molar-refractivity contribution in [3.05, 3.63) is 71.5 Å². The fourth-order valence-corrected chi connectivity index (χ4v) is 4.10. The molecule has 0 aliphatic carbocycles. The Bertz CT molecular complexity index is 907. The second kappa shape index (κ2) is 7.88. The predicted molar refractivity (Wildman–Crippen MR) is 109 cm³/mol. The molecule has 2 aromatic carbocycles. The Morgan fingerprint density at radius 3 is 2.74 bits per heavy atom. The molecule has 3 aromatic rings. The number of nitrogens with one attached hydrogen (secondary N) is 1. The molecule has 1 saturated heterocycles. The molecule has 1 aliphatic rings. The van der Waals surface area contributed by atoms with E-state index >= 15 is 0 Å². The van der Waals surface area contributed by atoms with Gasteiger partial charge in [0, 0.05) is 30.2 Å². The molecule has 1 amide bonds. The highest BCUT2D eigenvalue weighted by Crippen LogP contribution is 2.28. The lowest BCUT2D eigenvalue weighted by atomic mass is 10.1. The first-order chi connectivity index (χ1) is 13.2. The Balaban J connectivity index is 1.45. The number of benzene rings is 2. The fraction of sp³-hybridized carbons (Fsp3) is 0.286. The summed E-state index contributed by atoms with van der Waals surface area (Å²) in [5, 5.41) is 3.87. The molecular formula is C21H22N4OS. The van der Waals surface area contributed by atoms with Crippen molar-refractivity contribution < 1.29 is 4.79 Å². The number of carbonyl (C=O) groups excluding carboxylic acids is 1. The molecule has 0 spiro atoms. The maximum Gasteiger partial charge on any atom is 0.247 e. The zero-order valence-corrected chi connectivity index (χ0v) is 16.1. The number of nitrogens with zero attached hydrogens (tertiary/aromatic N) is 3. The minimum absolute atomic E-state index is 0.0242. The number of hydrogen-bond donors (Lipinski definition) is 1. The van der Waals surface area contributed by atoms with Crippen molar-refractivity contribution in [2.75, 3.05) is 16.8 Å². The van der Waals surface area contributed by atoms with Gasteiger partial charge in [-0.05, 0) is 37.5 Å². The molecule has 5 nitrogen and oxygen atoms in total. The molecule has 1 unspecified atom stereocenters. The quantitative estimate of drug-likeness (QED) is 0.728. The van der Waals surface area contributed by atoms with Crippen LogP contribution in [0.4, 0.5) is 10.8 Å². The van der Waals surface area contributed by atoms with Crippen LogP contribution in [-0.4, -0.2) is 27.9 Å². The second-order valence-corrected chi connectivity index (χ2v) is 7.59. The SMILES string of the molecule is Cc1ccc(NC(=O)C2CCCN2c2nc(Cc3ccccc3)ns2)cc1. The van der Waals surface area contributed by atoms with Crippen LogP contribution in [0.5, 0.6) is 0 Å². The van der Waals surface area contributed by atoms with Crippen LogP contribution in [0.15, 0.2) is 54.6 Å². The Kier molecular flexibility index (Phi) is 5.16. The molecule has 6 heteroatoms. The molecule has 2 heterocycles. The summed E-state index contributed by atoms with van der Waals surface area (Å²) in [4.78, 5) is 19.6. The summed E-state index contributed by atoms with van der Waals surface area (Å²) in [6.45, 7) is 2.87. The van der Waals surface area contributed by atoms with Crippen LogP contribution in [0.25, 0.3) is 0 Å². The lowest BCUT2D eigenvalue weighted by Crippen LogP contribution is -2.39. The van der Waals surface area contributed by atoms with E-state index in [1.807, 2.05) is 49.4 Å². The molecule has 1 aliphatic heterocycles. The predicted octanol–water partition coefficient (Wildman–Crippen LogP) is 4.04. The van der Waals surface area contributed by atoms with Gasteiger partial charge in [0.05, 0.1) is 0 Å². The molecule has 138 valence electrons. The summed E-state index contributed by atoms with van der Waals surface area (Å²) in [7, 11) is 0. The summed E-state index contributed by atoms with van der Waals surface area (Å²) in [6.07, 6.45) is 2.54. The normalized spacial score (nSPS) is 16.5. The van der Waals surface area contributed by atoms with Gasteiger partial charge in [-0.25, -0.2) is 4.98 Å². The highest BCUT2D eigenvalue weighted by Gasteiger charge is 2.33. The molecule has 1 aromatic heterocycles. The third-order valence-corrected chi connectivity index (χ3v) is 5.57. The number of aryl methyl sites for hydroxylation is 1. The van der Waals surface area contributed by atoms with E-state index in [1.165, 1.54) is 22.7 Å². The van der Waals surface area contributed by atoms with E-state index in [0.717, 1.165) is 36.0 Å². The van der Waals surface area contributed by atoms with E-state index in [9.17, 15) is 4.79 Å². The summed E-state index contributed by atoms with van der Waals surface area (Å²) in [6, 6.07) is 17.9. The number of anilines is 2. The largest absolute Gasteiger partial charge is 0.335 e. The molecule has 0 radical (unpaired) electrons. The first-order valence-corrected chi connectivity index (χ1v) is 9.97. The maximum absolute atomic E-state index is 12.8. The second-order valence-electron chi connectivity index (χ2n) is 6.86. The third-order valence-electron chi connectivity index (χ3n) is 4.78. The molecule has 27 heavy (non-hydrogen) atoms. The molecule has 0 bridgehead atoms. The van der Waals surface area contributed by atoms with E-state index in [2.05, 4.69) is 26.7 Å². The van der Waals surface area contributed by atoms with Crippen molar-refractivity contribution in [3.63, 3.8) is 0 Å². The standard InChI is InChI=1S/C21H22N4OS/c1-15-9-11-17(12-10-15)22-20(26)18-8-5-13-25(18)21-23-19(24-27-21)14-16-6-3-2-4-7-16/h2-4,6-7,9-12,18H,5,8,13-14H2,1H3,(H,22,26). The van der Waals surface area contributed by atoms with Gasteiger partial charge in [-0.15, -0.1) is 0 Å². The van der Waals surface area contributed by atoms with Gasteiger partial charge in [-0.2, -0.15) is 4.37 Å².